The molecule has 0 aliphatic heterocycles. The quantitative estimate of drug-likeness (QED) is 0.404. The molecule has 0 aliphatic rings. The first-order valence-electron chi connectivity index (χ1n) is 3.01. The van der Waals surface area contributed by atoms with Gasteiger partial charge in [0.1, 0.15) is 0 Å². The fraction of sp³-hybridized carbons (Fsp3) is 0.571. The minimum atomic E-state index is 1.18. The zero-order valence-electron chi connectivity index (χ0n) is 6.55. The molecule has 0 aromatic carbocycles. The zero-order valence-corrected chi connectivity index (χ0v) is 6.55. The Balaban J connectivity index is 3.71. The predicted octanol–water partition coefficient (Wildman–Crippen LogP) is 1.50. The number of rotatable bonds is 2. The molecule has 0 radical (unpaired) electrons. The molecule has 0 fully saturated rings. The molecule has 0 saturated carbocycles. The first kappa shape index (κ1) is 8.21. The van der Waals surface area contributed by atoms with Gasteiger partial charge in [0.05, 0.1) is 0 Å². The molecule has 0 bridgehead atoms. The van der Waals surface area contributed by atoms with Crippen LogP contribution < -0.4 is 0 Å². The van der Waals surface area contributed by atoms with Crippen LogP contribution in [0.15, 0.2) is 16.8 Å². The molecule has 0 aromatic rings. The van der Waals surface area contributed by atoms with Gasteiger partial charge >= 0.3 is 0 Å². The molecule has 0 aromatic heterocycles. The highest BCUT2D eigenvalue weighted by Crippen LogP contribution is 1.85. The Bertz CT molecular complexity index is 123. The smallest absolute Gasteiger partial charge is 0.0496 e. The topological polar surface area (TPSA) is 15.6 Å². The summed E-state index contributed by atoms with van der Waals surface area (Å²) in [5.41, 5.74) is 1.18. The summed E-state index contributed by atoms with van der Waals surface area (Å²) in [6, 6.07) is 0. The van der Waals surface area contributed by atoms with Crippen LogP contribution in [0.25, 0.3) is 0 Å². The molecule has 0 saturated heterocycles. The number of nitrogens with zero attached hydrogens (tertiary/aromatic N) is 2. The summed E-state index contributed by atoms with van der Waals surface area (Å²) in [5.74, 6) is 0. The van der Waals surface area contributed by atoms with Crippen LogP contribution in [0.1, 0.15) is 13.8 Å². The Morgan fingerprint density at radius 2 is 2.00 bits per heavy atom. The van der Waals surface area contributed by atoms with Crippen molar-refractivity contribution < 1.29 is 0 Å². The van der Waals surface area contributed by atoms with E-state index in [0.29, 0.717) is 0 Å². The first-order chi connectivity index (χ1) is 4.16. The van der Waals surface area contributed by atoms with E-state index in [4.69, 9.17) is 0 Å². The number of hydrogen-bond donors (Lipinski definition) is 0. The van der Waals surface area contributed by atoms with Crippen LogP contribution >= 0.6 is 0 Å². The lowest BCUT2D eigenvalue weighted by Crippen LogP contribution is -2.01. The number of allylic oxidation sites excluding steroid dienone is 2. The van der Waals surface area contributed by atoms with Crippen LogP contribution in [-0.2, 0) is 0 Å². The van der Waals surface area contributed by atoms with E-state index in [9.17, 15) is 0 Å². The summed E-state index contributed by atoms with van der Waals surface area (Å²) in [6.07, 6.45) is 3.85. The largest absolute Gasteiger partial charge is 0.303 e. The second-order valence-electron chi connectivity index (χ2n) is 2.12. The van der Waals surface area contributed by atoms with Crippen molar-refractivity contribution >= 4 is 6.21 Å². The van der Waals surface area contributed by atoms with Crippen molar-refractivity contribution in [1.82, 2.24) is 5.01 Å². The van der Waals surface area contributed by atoms with Crippen molar-refractivity contribution in [2.45, 2.75) is 13.8 Å². The van der Waals surface area contributed by atoms with Gasteiger partial charge in [0.2, 0.25) is 0 Å². The van der Waals surface area contributed by atoms with E-state index in [0.717, 1.165) is 0 Å². The van der Waals surface area contributed by atoms with Crippen LogP contribution in [0.4, 0.5) is 0 Å². The van der Waals surface area contributed by atoms with Crippen LogP contribution in [-0.4, -0.2) is 25.3 Å². The minimum absolute atomic E-state index is 1.18. The van der Waals surface area contributed by atoms with Crippen molar-refractivity contribution in [3.05, 3.63) is 11.6 Å². The molecule has 0 rings (SSSR count). The number of hydrogen-bond acceptors (Lipinski definition) is 2. The average molecular weight is 126 g/mol. The standard InChI is InChI=1S/C7H14N2/c1-5-7(2)6-8-9(3)4/h5-6H,1-4H3/b7-5+,8-6+. The zero-order chi connectivity index (χ0) is 7.28. The third-order valence-corrected chi connectivity index (χ3v) is 0.948. The molecule has 0 heterocycles. The molecule has 0 amide bonds. The summed E-state index contributed by atoms with van der Waals surface area (Å²) in [4.78, 5) is 0. The normalized spacial score (nSPS) is 12.7. The maximum Gasteiger partial charge on any atom is 0.0496 e. The third-order valence-electron chi connectivity index (χ3n) is 0.948. The molecule has 0 unspecified atom stereocenters. The fourth-order valence-electron chi connectivity index (χ4n) is 0.281. The van der Waals surface area contributed by atoms with Gasteiger partial charge in [-0.15, -0.1) is 0 Å². The van der Waals surface area contributed by atoms with Gasteiger partial charge in [0, 0.05) is 20.3 Å². The maximum absolute atomic E-state index is 4.04. The first-order valence-corrected chi connectivity index (χ1v) is 3.01. The molecule has 0 aliphatic carbocycles. The van der Waals surface area contributed by atoms with E-state index in [1.807, 2.05) is 40.2 Å². The van der Waals surface area contributed by atoms with E-state index in [1.54, 1.807) is 5.01 Å². The van der Waals surface area contributed by atoms with E-state index >= 15 is 0 Å². The van der Waals surface area contributed by atoms with Gasteiger partial charge in [-0.05, 0) is 19.4 Å². The molecule has 0 N–H and O–H groups in total. The highest BCUT2D eigenvalue weighted by Gasteiger charge is 1.78. The molecule has 2 heteroatoms. The van der Waals surface area contributed by atoms with E-state index < -0.39 is 0 Å². The van der Waals surface area contributed by atoms with Crippen molar-refractivity contribution in [3.63, 3.8) is 0 Å². The summed E-state index contributed by atoms with van der Waals surface area (Å²) in [5, 5.41) is 5.81. The highest BCUT2D eigenvalue weighted by molar-refractivity contribution is 5.77. The SMILES string of the molecule is C/C=C(C)/C=N/N(C)C. The van der Waals surface area contributed by atoms with E-state index in [2.05, 4.69) is 5.10 Å². The Kier molecular flexibility index (Phi) is 3.76. The Hall–Kier alpha value is -0.790. The second-order valence-corrected chi connectivity index (χ2v) is 2.12. The summed E-state index contributed by atoms with van der Waals surface area (Å²) < 4.78 is 0. The van der Waals surface area contributed by atoms with E-state index in [1.165, 1.54) is 5.57 Å². The van der Waals surface area contributed by atoms with Crippen LogP contribution in [0.2, 0.25) is 0 Å². The Labute approximate surface area is 56.9 Å². The van der Waals surface area contributed by atoms with Gasteiger partial charge in [-0.25, -0.2) is 0 Å². The molecule has 9 heavy (non-hydrogen) atoms. The lowest BCUT2D eigenvalue weighted by atomic mass is 10.3. The van der Waals surface area contributed by atoms with Gasteiger partial charge in [-0.1, -0.05) is 6.08 Å². The molecule has 52 valence electrons. The number of hydrazone groups is 1. The monoisotopic (exact) mass is 126 g/mol. The van der Waals surface area contributed by atoms with E-state index in [-0.39, 0.29) is 0 Å². The average Bonchev–Trinajstić information content (AvgIpc) is 1.83. The molecule has 2 nitrogen and oxygen atoms in total. The molecular formula is C7H14N2. The van der Waals surface area contributed by atoms with Gasteiger partial charge in [-0.3, -0.25) is 0 Å². The van der Waals surface area contributed by atoms with Crippen molar-refractivity contribution in [3.8, 4) is 0 Å². The lowest BCUT2D eigenvalue weighted by molar-refractivity contribution is 0.440. The summed E-state index contributed by atoms with van der Waals surface area (Å²) in [6.45, 7) is 4.02. The lowest BCUT2D eigenvalue weighted by Gasteiger charge is -2.01. The maximum atomic E-state index is 4.04. The predicted molar refractivity (Wildman–Crippen MR) is 41.6 cm³/mol. The summed E-state index contributed by atoms with van der Waals surface area (Å²) in [7, 11) is 3.80. The van der Waals surface area contributed by atoms with Crippen molar-refractivity contribution in [2.75, 3.05) is 14.1 Å². The minimum Gasteiger partial charge on any atom is -0.303 e. The summed E-state index contributed by atoms with van der Waals surface area (Å²) >= 11 is 0. The Morgan fingerprint density at radius 1 is 1.44 bits per heavy atom. The highest BCUT2D eigenvalue weighted by atomic mass is 15.4. The van der Waals surface area contributed by atoms with Gasteiger partial charge in [0.25, 0.3) is 0 Å². The molecule has 0 atom stereocenters. The molecular weight excluding hydrogens is 112 g/mol. The third kappa shape index (κ3) is 5.07. The molecule has 0 spiro atoms. The van der Waals surface area contributed by atoms with Gasteiger partial charge < -0.3 is 5.01 Å². The van der Waals surface area contributed by atoms with Gasteiger partial charge in [0.15, 0.2) is 0 Å². The van der Waals surface area contributed by atoms with Crippen molar-refractivity contribution in [2.24, 2.45) is 5.10 Å². The Morgan fingerprint density at radius 3 is 2.33 bits per heavy atom. The second kappa shape index (κ2) is 4.13. The van der Waals surface area contributed by atoms with Crippen molar-refractivity contribution in [1.29, 1.82) is 0 Å². The van der Waals surface area contributed by atoms with Crippen LogP contribution in [0.3, 0.4) is 0 Å². The van der Waals surface area contributed by atoms with Crippen LogP contribution in [0.5, 0.6) is 0 Å². The fourth-order valence-corrected chi connectivity index (χ4v) is 0.281. The van der Waals surface area contributed by atoms with Gasteiger partial charge in [-0.2, -0.15) is 5.10 Å². The van der Waals surface area contributed by atoms with Crippen LogP contribution in [0, 0.1) is 0 Å².